The average Bonchev–Trinajstić information content (AvgIpc) is 2.45. The number of rotatable bonds is 15. The van der Waals surface area contributed by atoms with E-state index >= 15 is 0 Å². The molecule has 0 aliphatic carbocycles. The first-order valence-electron chi connectivity index (χ1n) is 9.63. The molecule has 0 aromatic heterocycles. The van der Waals surface area contributed by atoms with Gasteiger partial charge in [0, 0.05) is 6.42 Å². The Kier molecular flexibility index (Phi) is 19.7. The highest BCUT2D eigenvalue weighted by Crippen LogP contribution is 2.25. The van der Waals surface area contributed by atoms with E-state index in [4.69, 9.17) is 24.4 Å². The van der Waals surface area contributed by atoms with E-state index in [1.165, 1.54) is 70.6 Å². The minimum Gasteiger partial charge on any atom is -0.481 e. The molecule has 0 aromatic carbocycles. The molecule has 0 radical (unpaired) electrons. The van der Waals surface area contributed by atoms with Gasteiger partial charge in [0.2, 0.25) is 0 Å². The zero-order valence-corrected chi connectivity index (χ0v) is 16.9. The first kappa shape index (κ1) is 26.8. The summed E-state index contributed by atoms with van der Waals surface area (Å²) < 4.78 is 8.88. The first-order valence-corrected chi connectivity index (χ1v) is 11.2. The summed E-state index contributed by atoms with van der Waals surface area (Å²) >= 11 is 0. The molecule has 0 amide bonds. The van der Waals surface area contributed by atoms with Crippen LogP contribution in [0.25, 0.3) is 0 Å². The smallest absolute Gasteiger partial charge is 0.466 e. The number of unbranched alkanes of at least 4 members (excludes halogenated alkanes) is 11. The molecule has 0 aliphatic rings. The number of carboxylic acid groups (broad SMARTS) is 1. The number of hydrogen-bond donors (Lipinski definition) is 4. The molecule has 0 bridgehead atoms. The van der Waals surface area contributed by atoms with Crippen molar-refractivity contribution in [2.24, 2.45) is 5.92 Å². The minimum atomic E-state index is -4.64. The van der Waals surface area contributed by atoms with Crippen molar-refractivity contribution < 1.29 is 29.1 Å². The van der Waals surface area contributed by atoms with Gasteiger partial charge < -0.3 is 19.8 Å². The van der Waals surface area contributed by atoms with Gasteiger partial charge in [-0.2, -0.15) is 0 Å². The first-order chi connectivity index (χ1) is 11.6. The zero-order valence-electron chi connectivity index (χ0n) is 16.0. The van der Waals surface area contributed by atoms with Crippen LogP contribution in [0.4, 0.5) is 0 Å². The van der Waals surface area contributed by atoms with Crippen LogP contribution in [0.15, 0.2) is 0 Å². The molecule has 0 rings (SSSR count). The van der Waals surface area contributed by atoms with Crippen LogP contribution in [-0.2, 0) is 9.36 Å². The van der Waals surface area contributed by atoms with Gasteiger partial charge in [0.25, 0.3) is 0 Å². The molecule has 152 valence electrons. The lowest BCUT2D eigenvalue weighted by atomic mass is 10.0. The van der Waals surface area contributed by atoms with Crippen LogP contribution in [-0.4, -0.2) is 25.8 Å². The Labute approximate surface area is 153 Å². The second-order valence-corrected chi connectivity index (χ2v) is 8.11. The van der Waals surface area contributed by atoms with E-state index in [0.717, 1.165) is 18.8 Å². The normalized spacial score (nSPS) is 11.3. The lowest BCUT2D eigenvalue weighted by molar-refractivity contribution is -0.137. The summed E-state index contributed by atoms with van der Waals surface area (Å²) in [7, 11) is -4.64. The predicted octanol–water partition coefficient (Wildman–Crippen LogP) is 5.26. The number of aliphatic carboxylic acids is 1. The monoisotopic (exact) mass is 382 g/mol. The Morgan fingerprint density at radius 3 is 1.28 bits per heavy atom. The molecule has 25 heavy (non-hydrogen) atoms. The molecule has 0 atom stereocenters. The fourth-order valence-electron chi connectivity index (χ4n) is 2.60. The third-order valence-corrected chi connectivity index (χ3v) is 3.92. The van der Waals surface area contributed by atoms with Crippen LogP contribution in [0.2, 0.25) is 0 Å². The van der Waals surface area contributed by atoms with E-state index < -0.39 is 13.8 Å². The van der Waals surface area contributed by atoms with Crippen molar-refractivity contribution in [2.45, 2.75) is 104 Å². The number of phosphoric acid groups is 1. The highest BCUT2D eigenvalue weighted by Gasteiger charge is 2.00. The van der Waals surface area contributed by atoms with Gasteiger partial charge in [-0.05, 0) is 12.3 Å². The summed E-state index contributed by atoms with van der Waals surface area (Å²) in [4.78, 5) is 31.9. The van der Waals surface area contributed by atoms with E-state index in [1.54, 1.807) is 0 Å². The predicted molar refractivity (Wildman–Crippen MR) is 101 cm³/mol. The molecule has 0 spiro atoms. The second-order valence-electron chi connectivity index (χ2n) is 7.08. The fourth-order valence-corrected chi connectivity index (χ4v) is 2.60. The van der Waals surface area contributed by atoms with Crippen molar-refractivity contribution in [3.05, 3.63) is 0 Å². The Morgan fingerprint density at radius 1 is 0.720 bits per heavy atom. The zero-order chi connectivity index (χ0) is 19.6. The molecule has 7 heteroatoms. The van der Waals surface area contributed by atoms with Crippen LogP contribution in [0.5, 0.6) is 0 Å². The molecular formula is C18H39O6P. The van der Waals surface area contributed by atoms with Crippen LogP contribution in [0.3, 0.4) is 0 Å². The maximum absolute atomic E-state index is 10.3. The molecule has 0 saturated heterocycles. The standard InChI is InChI=1S/C18H36O2.H3O4P/c1-17(2)15-13-11-9-7-5-3-4-6-8-10-12-14-16-18(19)20;1-5(2,3)4/h17H,3-16H2,1-2H3,(H,19,20);(H3,1,2,3,4). The van der Waals surface area contributed by atoms with Crippen LogP contribution >= 0.6 is 7.82 Å². The van der Waals surface area contributed by atoms with Gasteiger partial charge in [-0.25, -0.2) is 4.57 Å². The van der Waals surface area contributed by atoms with Crippen molar-refractivity contribution >= 4 is 13.8 Å². The minimum absolute atomic E-state index is 0.344. The summed E-state index contributed by atoms with van der Waals surface area (Å²) in [5, 5.41) is 8.52. The Morgan fingerprint density at radius 2 is 1.00 bits per heavy atom. The summed E-state index contributed by atoms with van der Waals surface area (Å²) in [6, 6.07) is 0. The lowest BCUT2D eigenvalue weighted by Gasteiger charge is -2.04. The molecule has 0 fully saturated rings. The highest BCUT2D eigenvalue weighted by molar-refractivity contribution is 7.45. The number of carboxylic acids is 1. The van der Waals surface area contributed by atoms with E-state index in [2.05, 4.69) is 13.8 Å². The maximum atomic E-state index is 10.3. The lowest BCUT2D eigenvalue weighted by Crippen LogP contribution is -1.93. The van der Waals surface area contributed by atoms with Gasteiger partial charge in [0.05, 0.1) is 0 Å². The molecule has 6 nitrogen and oxygen atoms in total. The summed E-state index contributed by atoms with van der Waals surface area (Å²) in [6.45, 7) is 4.61. The molecule has 0 aromatic rings. The van der Waals surface area contributed by atoms with E-state index in [0.29, 0.717) is 6.42 Å². The van der Waals surface area contributed by atoms with Gasteiger partial charge in [0.1, 0.15) is 0 Å². The maximum Gasteiger partial charge on any atom is 0.466 e. The average molecular weight is 382 g/mol. The van der Waals surface area contributed by atoms with Crippen molar-refractivity contribution in [1.82, 2.24) is 0 Å². The second kappa shape index (κ2) is 18.4. The Bertz CT molecular complexity index is 332. The molecule has 4 N–H and O–H groups in total. The highest BCUT2D eigenvalue weighted by atomic mass is 31.2. The fraction of sp³-hybridized carbons (Fsp3) is 0.944. The summed E-state index contributed by atoms with van der Waals surface area (Å²) in [5.74, 6) is 0.212. The van der Waals surface area contributed by atoms with E-state index in [-0.39, 0.29) is 0 Å². The number of carbonyl (C=O) groups is 1. The van der Waals surface area contributed by atoms with Crippen molar-refractivity contribution in [2.75, 3.05) is 0 Å². The van der Waals surface area contributed by atoms with E-state index in [9.17, 15) is 4.79 Å². The molecule has 0 unspecified atom stereocenters. The Balaban J connectivity index is 0. The van der Waals surface area contributed by atoms with Gasteiger partial charge in [0.15, 0.2) is 0 Å². The topological polar surface area (TPSA) is 115 Å². The van der Waals surface area contributed by atoms with E-state index in [1.807, 2.05) is 0 Å². The van der Waals surface area contributed by atoms with Gasteiger partial charge in [-0.3, -0.25) is 4.79 Å². The quantitative estimate of drug-likeness (QED) is 0.227. The largest absolute Gasteiger partial charge is 0.481 e. The Hall–Kier alpha value is -0.420. The van der Waals surface area contributed by atoms with Gasteiger partial charge in [-0.1, -0.05) is 90.9 Å². The third kappa shape index (κ3) is 39.9. The van der Waals surface area contributed by atoms with Crippen LogP contribution in [0, 0.1) is 5.92 Å². The molecular weight excluding hydrogens is 343 g/mol. The molecule has 0 heterocycles. The van der Waals surface area contributed by atoms with Crippen LogP contribution in [0.1, 0.15) is 104 Å². The summed E-state index contributed by atoms with van der Waals surface area (Å²) in [6.07, 6.45) is 17.3. The number of hydrogen-bond acceptors (Lipinski definition) is 2. The molecule has 0 aliphatic heterocycles. The van der Waals surface area contributed by atoms with Gasteiger partial charge in [-0.15, -0.1) is 0 Å². The third-order valence-electron chi connectivity index (χ3n) is 3.92. The molecule has 0 saturated carbocycles. The van der Waals surface area contributed by atoms with Crippen molar-refractivity contribution in [3.8, 4) is 0 Å². The van der Waals surface area contributed by atoms with Crippen LogP contribution < -0.4 is 0 Å². The van der Waals surface area contributed by atoms with Gasteiger partial charge >= 0.3 is 13.8 Å². The van der Waals surface area contributed by atoms with Crippen molar-refractivity contribution in [1.29, 1.82) is 0 Å². The van der Waals surface area contributed by atoms with Crippen molar-refractivity contribution in [3.63, 3.8) is 0 Å². The summed E-state index contributed by atoms with van der Waals surface area (Å²) in [5.41, 5.74) is 0. The SMILES string of the molecule is CC(C)CCCCCCCCCCCCCCC(=O)O.O=P(O)(O)O.